The Labute approximate surface area is 186 Å². The van der Waals surface area contributed by atoms with E-state index >= 15 is 0 Å². The van der Waals surface area contributed by atoms with Crippen molar-refractivity contribution >= 4 is 17.7 Å². The molecular formula is C23H27NO8. The van der Waals surface area contributed by atoms with Crippen LogP contribution in [-0.4, -0.2) is 58.7 Å². The van der Waals surface area contributed by atoms with Gasteiger partial charge in [0.1, 0.15) is 0 Å². The molecular weight excluding hydrogens is 418 g/mol. The van der Waals surface area contributed by atoms with Gasteiger partial charge in [-0.15, -0.1) is 0 Å². The van der Waals surface area contributed by atoms with E-state index in [0.29, 0.717) is 35.8 Å². The van der Waals surface area contributed by atoms with Gasteiger partial charge in [-0.05, 0) is 49.2 Å². The Bertz CT molecular complexity index is 957. The lowest BCUT2D eigenvalue weighted by atomic mass is 10.1. The van der Waals surface area contributed by atoms with Gasteiger partial charge in [-0.25, -0.2) is 4.79 Å². The largest absolute Gasteiger partial charge is 0.493 e. The zero-order valence-corrected chi connectivity index (χ0v) is 18.6. The fourth-order valence-electron chi connectivity index (χ4n) is 2.76. The summed E-state index contributed by atoms with van der Waals surface area (Å²) < 4.78 is 25.9. The molecule has 9 heteroatoms. The van der Waals surface area contributed by atoms with E-state index < -0.39 is 25.1 Å². The van der Waals surface area contributed by atoms with E-state index in [1.807, 2.05) is 12.1 Å². The predicted molar refractivity (Wildman–Crippen MR) is 116 cm³/mol. The summed E-state index contributed by atoms with van der Waals surface area (Å²) in [4.78, 5) is 35.2. The number of esters is 1. The minimum absolute atomic E-state index is 0.119. The second-order valence-electron chi connectivity index (χ2n) is 6.66. The second-order valence-corrected chi connectivity index (χ2v) is 6.66. The van der Waals surface area contributed by atoms with E-state index in [9.17, 15) is 14.4 Å². The lowest BCUT2D eigenvalue weighted by Gasteiger charge is -2.12. The van der Waals surface area contributed by atoms with Crippen molar-refractivity contribution in [2.45, 2.75) is 13.3 Å². The van der Waals surface area contributed by atoms with Crippen LogP contribution in [0.1, 0.15) is 22.8 Å². The standard InChI is InChI=1S/C23H27NO8/c1-15(25)17-6-8-19(21(12-17)30-4)31-14-23(27)32-13-22(26)24-10-9-16-5-7-18(28-2)20(11-16)29-3/h5-8,11-12H,9-10,13-14H2,1-4H3,(H,24,26). The Morgan fingerprint density at radius 1 is 0.812 bits per heavy atom. The number of nitrogens with one attached hydrogen (secondary N) is 1. The molecule has 0 spiro atoms. The summed E-state index contributed by atoms with van der Waals surface area (Å²) >= 11 is 0. The van der Waals surface area contributed by atoms with Crippen molar-refractivity contribution < 1.29 is 38.1 Å². The first-order chi connectivity index (χ1) is 15.4. The average Bonchev–Trinajstić information content (AvgIpc) is 2.80. The lowest BCUT2D eigenvalue weighted by Crippen LogP contribution is -2.31. The third kappa shape index (κ3) is 7.19. The smallest absolute Gasteiger partial charge is 0.344 e. The van der Waals surface area contributed by atoms with Crippen molar-refractivity contribution in [1.29, 1.82) is 0 Å². The summed E-state index contributed by atoms with van der Waals surface area (Å²) in [5, 5.41) is 2.68. The van der Waals surface area contributed by atoms with Crippen molar-refractivity contribution in [1.82, 2.24) is 5.32 Å². The number of carbonyl (C=O) groups is 3. The lowest BCUT2D eigenvalue weighted by molar-refractivity contribution is -0.150. The Morgan fingerprint density at radius 3 is 2.12 bits per heavy atom. The van der Waals surface area contributed by atoms with E-state index in [2.05, 4.69) is 5.32 Å². The first kappa shape index (κ1) is 24.5. The van der Waals surface area contributed by atoms with Gasteiger partial charge < -0.3 is 29.0 Å². The zero-order chi connectivity index (χ0) is 23.5. The molecule has 0 fully saturated rings. The van der Waals surface area contributed by atoms with Crippen molar-refractivity contribution in [3.05, 3.63) is 47.5 Å². The molecule has 0 radical (unpaired) electrons. The van der Waals surface area contributed by atoms with Crippen LogP contribution in [0.5, 0.6) is 23.0 Å². The van der Waals surface area contributed by atoms with Gasteiger partial charge >= 0.3 is 5.97 Å². The number of hydrogen-bond acceptors (Lipinski definition) is 8. The molecule has 0 atom stereocenters. The van der Waals surface area contributed by atoms with E-state index in [-0.39, 0.29) is 11.5 Å². The maximum atomic E-state index is 11.9. The third-order valence-electron chi connectivity index (χ3n) is 4.46. The number of methoxy groups -OCH3 is 3. The van der Waals surface area contributed by atoms with Crippen molar-refractivity contribution in [2.24, 2.45) is 0 Å². The summed E-state index contributed by atoms with van der Waals surface area (Å²) in [6.07, 6.45) is 0.569. The summed E-state index contributed by atoms with van der Waals surface area (Å²) in [5.74, 6) is 0.582. The van der Waals surface area contributed by atoms with Crippen molar-refractivity contribution in [3.8, 4) is 23.0 Å². The highest BCUT2D eigenvalue weighted by Gasteiger charge is 2.12. The van der Waals surface area contributed by atoms with Gasteiger partial charge in [0.2, 0.25) is 0 Å². The van der Waals surface area contributed by atoms with Crippen LogP contribution in [0, 0.1) is 0 Å². The van der Waals surface area contributed by atoms with Gasteiger partial charge in [0.05, 0.1) is 21.3 Å². The molecule has 2 aromatic rings. The van der Waals surface area contributed by atoms with E-state index in [1.54, 1.807) is 26.4 Å². The number of hydrogen-bond donors (Lipinski definition) is 1. The number of ether oxygens (including phenoxy) is 5. The Morgan fingerprint density at radius 2 is 1.47 bits per heavy atom. The van der Waals surface area contributed by atoms with Crippen LogP contribution in [0.2, 0.25) is 0 Å². The molecule has 0 aliphatic heterocycles. The first-order valence-electron chi connectivity index (χ1n) is 9.83. The van der Waals surface area contributed by atoms with Gasteiger partial charge in [-0.3, -0.25) is 9.59 Å². The molecule has 2 aromatic carbocycles. The van der Waals surface area contributed by atoms with E-state index in [4.69, 9.17) is 23.7 Å². The van der Waals surface area contributed by atoms with Crippen LogP contribution in [0.25, 0.3) is 0 Å². The highest BCUT2D eigenvalue weighted by atomic mass is 16.6. The molecule has 0 aromatic heterocycles. The average molecular weight is 445 g/mol. The molecule has 0 aliphatic carbocycles. The van der Waals surface area contributed by atoms with Gasteiger partial charge in [0.15, 0.2) is 42.0 Å². The van der Waals surface area contributed by atoms with Crippen molar-refractivity contribution in [2.75, 3.05) is 41.1 Å². The summed E-state index contributed by atoms with van der Waals surface area (Å²) in [5.41, 5.74) is 1.42. The van der Waals surface area contributed by atoms with Crippen LogP contribution in [0.4, 0.5) is 0 Å². The van der Waals surface area contributed by atoms with Gasteiger partial charge in [0.25, 0.3) is 5.91 Å². The molecule has 32 heavy (non-hydrogen) atoms. The number of carbonyl (C=O) groups excluding carboxylic acids is 3. The topological polar surface area (TPSA) is 109 Å². The van der Waals surface area contributed by atoms with Gasteiger partial charge in [-0.2, -0.15) is 0 Å². The monoisotopic (exact) mass is 445 g/mol. The number of ketones is 1. The quantitative estimate of drug-likeness (QED) is 0.391. The van der Waals surface area contributed by atoms with Crippen LogP contribution >= 0.6 is 0 Å². The molecule has 0 saturated carbocycles. The molecule has 9 nitrogen and oxygen atoms in total. The van der Waals surface area contributed by atoms with Crippen LogP contribution < -0.4 is 24.3 Å². The van der Waals surface area contributed by atoms with Gasteiger partial charge in [0, 0.05) is 12.1 Å². The molecule has 0 aliphatic rings. The number of amides is 1. The fourth-order valence-corrected chi connectivity index (χ4v) is 2.76. The highest BCUT2D eigenvalue weighted by molar-refractivity contribution is 5.94. The summed E-state index contributed by atoms with van der Waals surface area (Å²) in [6, 6.07) is 10.1. The van der Waals surface area contributed by atoms with Gasteiger partial charge in [-0.1, -0.05) is 6.07 Å². The number of rotatable bonds is 12. The second kappa shape index (κ2) is 12.2. The van der Waals surface area contributed by atoms with Crippen LogP contribution in [0.3, 0.4) is 0 Å². The summed E-state index contributed by atoms with van der Waals surface area (Å²) in [7, 11) is 4.54. The van der Waals surface area contributed by atoms with Crippen LogP contribution in [0.15, 0.2) is 36.4 Å². The SMILES string of the molecule is COc1ccc(CCNC(=O)COC(=O)COc2ccc(C(C)=O)cc2OC)cc1OC. The molecule has 1 amide bonds. The van der Waals surface area contributed by atoms with Crippen LogP contribution in [-0.2, 0) is 20.7 Å². The number of Topliss-reactive ketones (excluding diaryl/α,β-unsaturated/α-hetero) is 1. The maximum Gasteiger partial charge on any atom is 0.344 e. The summed E-state index contributed by atoms with van der Waals surface area (Å²) in [6.45, 7) is 0.969. The molecule has 1 N–H and O–H groups in total. The molecule has 0 saturated heterocycles. The minimum atomic E-state index is -0.710. The highest BCUT2D eigenvalue weighted by Crippen LogP contribution is 2.28. The maximum absolute atomic E-state index is 11.9. The molecule has 0 heterocycles. The minimum Gasteiger partial charge on any atom is -0.493 e. The number of benzene rings is 2. The Hall–Kier alpha value is -3.75. The Kier molecular flexibility index (Phi) is 9.34. The molecule has 2 rings (SSSR count). The molecule has 0 unspecified atom stereocenters. The predicted octanol–water partition coefficient (Wildman–Crippen LogP) is 2.20. The van der Waals surface area contributed by atoms with Crippen molar-refractivity contribution in [3.63, 3.8) is 0 Å². The Balaban J connectivity index is 1.73. The normalized spacial score (nSPS) is 10.1. The van der Waals surface area contributed by atoms with E-state index in [0.717, 1.165) is 5.56 Å². The fraction of sp³-hybridized carbons (Fsp3) is 0.348. The third-order valence-corrected chi connectivity index (χ3v) is 4.46. The molecule has 172 valence electrons. The molecule has 0 bridgehead atoms. The van der Waals surface area contributed by atoms with E-state index in [1.165, 1.54) is 26.2 Å². The first-order valence-corrected chi connectivity index (χ1v) is 9.83. The zero-order valence-electron chi connectivity index (χ0n) is 18.6.